The Morgan fingerprint density at radius 2 is 1.27 bits per heavy atom. The lowest BCUT2D eigenvalue weighted by Crippen LogP contribution is -2.43. The van der Waals surface area contributed by atoms with E-state index in [9.17, 15) is 4.79 Å². The zero-order valence-corrected chi connectivity index (χ0v) is 64.6. The Hall–Kier alpha value is -4.63. The molecule has 2 aliphatic carbocycles. The number of nitrogens with zero attached hydrogens (tertiary/aromatic N) is 1. The van der Waals surface area contributed by atoms with Gasteiger partial charge in [0.1, 0.15) is 23.2 Å². The predicted octanol–water partition coefficient (Wildman–Crippen LogP) is 20.8. The molecule has 4 heterocycles. The minimum absolute atomic E-state index is 0.0544. The van der Waals surface area contributed by atoms with Gasteiger partial charge in [-0.3, -0.25) is 4.79 Å². The number of unbranched alkanes of at least 4 members (excludes halogenated alkanes) is 4. The number of methoxy groups -OCH3 is 2. The van der Waals surface area contributed by atoms with Gasteiger partial charge >= 0.3 is 7.05 Å². The number of allylic oxidation sites excluding steroid dienone is 2. The summed E-state index contributed by atoms with van der Waals surface area (Å²) in [6, 6.07) is 34.4. The van der Waals surface area contributed by atoms with Crippen molar-refractivity contribution >= 4 is 29.5 Å². The van der Waals surface area contributed by atoms with Gasteiger partial charge in [-0.1, -0.05) is 191 Å². The molecule has 4 aromatic rings. The van der Waals surface area contributed by atoms with E-state index >= 15 is 0 Å². The van der Waals surface area contributed by atoms with Crippen LogP contribution in [0.1, 0.15) is 236 Å². The molecule has 0 amide bonds. The van der Waals surface area contributed by atoms with Crippen LogP contribution in [0.25, 0.3) is 0 Å². The molecule has 532 valence electrons. The van der Waals surface area contributed by atoms with E-state index in [4.69, 9.17) is 41.9 Å². The van der Waals surface area contributed by atoms with Crippen molar-refractivity contribution in [3.05, 3.63) is 154 Å². The number of ketones is 1. The summed E-state index contributed by atoms with van der Waals surface area (Å²) < 4.78 is 56.9. The summed E-state index contributed by atoms with van der Waals surface area (Å²) in [5, 5.41) is 0.156. The van der Waals surface area contributed by atoms with Crippen molar-refractivity contribution in [3.8, 4) is 23.3 Å². The minimum Gasteiger partial charge on any atom is -0.496 e. The summed E-state index contributed by atoms with van der Waals surface area (Å²) in [6.45, 7) is 36.3. The lowest BCUT2D eigenvalue weighted by Gasteiger charge is -2.43. The highest BCUT2D eigenvalue weighted by Crippen LogP contribution is 2.54. The van der Waals surface area contributed by atoms with Crippen molar-refractivity contribution in [1.82, 2.24) is 4.81 Å². The normalized spacial score (nSPS) is 21.9. The minimum atomic E-state index is -2.12. The molecule has 8 atom stereocenters. The first kappa shape index (κ1) is 78.1. The summed E-state index contributed by atoms with van der Waals surface area (Å²) in [6.07, 6.45) is 25.4. The number of fused-ring (bicyclic) bond motifs is 3. The highest BCUT2D eigenvalue weighted by molar-refractivity contribution is 6.74. The molecule has 4 aliphatic heterocycles. The Morgan fingerprint density at radius 3 is 1.81 bits per heavy atom. The molecule has 97 heavy (non-hydrogen) atoms. The number of carbonyl (C=O) groups excluding carboxylic acids is 1. The van der Waals surface area contributed by atoms with Crippen LogP contribution in [0.2, 0.25) is 43.1 Å². The lowest BCUT2D eigenvalue weighted by atomic mass is 9.78. The van der Waals surface area contributed by atoms with Gasteiger partial charge < -0.3 is 46.7 Å². The molecule has 0 saturated carbocycles. The third kappa shape index (κ3) is 20.3. The molecule has 14 heteroatoms. The average Bonchev–Trinajstić information content (AvgIpc) is 1.59. The van der Waals surface area contributed by atoms with Gasteiger partial charge in [-0.15, -0.1) is 12.5 Å². The molecule has 4 aromatic carbocycles. The van der Waals surface area contributed by atoms with E-state index in [0.717, 1.165) is 131 Å². The number of Topliss-reactive ketones (excluding diaryl/α,β-unsaturated/α-hetero) is 1. The smallest absolute Gasteiger partial charge is 0.380 e. The summed E-state index contributed by atoms with van der Waals surface area (Å²) >= 11 is 0. The van der Waals surface area contributed by atoms with Crippen LogP contribution in [-0.4, -0.2) is 99.1 Å². The first-order chi connectivity index (χ1) is 46.5. The third-order valence-corrected chi connectivity index (χ3v) is 31.1. The number of carbonyl (C=O) groups is 1. The van der Waals surface area contributed by atoms with E-state index in [1.165, 1.54) is 79.2 Å². The largest absolute Gasteiger partial charge is 0.496 e. The SMILES string of the molecule is C=CCc1c(OC)cccc1[C@H](C#CCC[C@H](CCCCC)OC1CCCCO1)O[Si](C)(C)C(C)(C)C.CB1OC(c2ccccc2)(c2ccccc2)[C@@H]2CCCN12.CCCCC[C@@H](CCC1=C2C(CC1=O)Cc1c(OC)cccc1[C@H]2O[Si](C)(C)C(C)(C)C)OC1CCCCO1. The maximum absolute atomic E-state index is 13.6. The molecule has 11 nitrogen and oxygen atoms in total. The van der Waals surface area contributed by atoms with Gasteiger partial charge in [-0.2, -0.15) is 0 Å². The number of hydrogen-bond acceptors (Lipinski definition) is 11. The van der Waals surface area contributed by atoms with Crippen molar-refractivity contribution < 1.29 is 46.7 Å². The Kier molecular flexibility index (Phi) is 29.6. The van der Waals surface area contributed by atoms with E-state index in [1.807, 2.05) is 24.3 Å². The second-order valence-electron chi connectivity index (χ2n) is 31.1. The number of rotatable bonds is 28. The van der Waals surface area contributed by atoms with Gasteiger partial charge in [-0.25, -0.2) is 0 Å². The molecule has 0 N–H and O–H groups in total. The summed E-state index contributed by atoms with van der Waals surface area (Å²) in [5.41, 5.74) is 9.06. The van der Waals surface area contributed by atoms with Gasteiger partial charge in [0, 0.05) is 43.2 Å². The monoisotopic (exact) mass is 1360 g/mol. The Bertz CT molecular complexity index is 3130. The van der Waals surface area contributed by atoms with E-state index in [-0.39, 0.29) is 65.6 Å². The zero-order valence-electron chi connectivity index (χ0n) is 62.6. The van der Waals surface area contributed by atoms with Crippen LogP contribution in [0.15, 0.2) is 121 Å². The van der Waals surface area contributed by atoms with Crippen molar-refractivity contribution in [2.45, 2.75) is 295 Å². The van der Waals surface area contributed by atoms with E-state index in [1.54, 1.807) is 14.2 Å². The van der Waals surface area contributed by atoms with Crippen LogP contribution >= 0.6 is 0 Å². The lowest BCUT2D eigenvalue weighted by molar-refractivity contribution is -0.190. The number of hydrogen-bond donors (Lipinski definition) is 0. The number of benzene rings is 4. The van der Waals surface area contributed by atoms with Crippen LogP contribution in [0.5, 0.6) is 11.5 Å². The molecule has 3 unspecified atom stereocenters. The molecule has 6 aliphatic rings. The molecule has 4 fully saturated rings. The first-order valence-corrected chi connectivity index (χ1v) is 43.4. The highest BCUT2D eigenvalue weighted by atomic mass is 28.4. The first-order valence-electron chi connectivity index (χ1n) is 37.6. The van der Waals surface area contributed by atoms with Gasteiger partial charge in [0.15, 0.2) is 35.0 Å². The van der Waals surface area contributed by atoms with Crippen LogP contribution < -0.4 is 9.47 Å². The molecular formula is C83H124BNO10Si2. The fourth-order valence-electron chi connectivity index (χ4n) is 14.7. The quantitative estimate of drug-likeness (QED) is 0.0235. The van der Waals surface area contributed by atoms with E-state index in [0.29, 0.717) is 24.7 Å². The van der Waals surface area contributed by atoms with Gasteiger partial charge in [0.2, 0.25) is 0 Å². The second-order valence-corrected chi connectivity index (χ2v) is 40.6. The van der Waals surface area contributed by atoms with Crippen molar-refractivity contribution in [2.75, 3.05) is 34.0 Å². The Morgan fingerprint density at radius 1 is 0.691 bits per heavy atom. The number of ether oxygens (including phenoxy) is 6. The Balaban J connectivity index is 0.000000193. The average molecular weight is 1360 g/mol. The van der Waals surface area contributed by atoms with Gasteiger partial charge in [0.25, 0.3) is 0 Å². The molecular weight excluding hydrogens is 1240 g/mol. The summed E-state index contributed by atoms with van der Waals surface area (Å²) in [7, 11) is -0.554. The summed E-state index contributed by atoms with van der Waals surface area (Å²) in [5.74, 6) is 9.27. The third-order valence-electron chi connectivity index (χ3n) is 22.2. The Labute approximate surface area is 590 Å². The fourth-order valence-corrected chi connectivity index (χ4v) is 17.0. The van der Waals surface area contributed by atoms with Crippen LogP contribution in [0.4, 0.5) is 0 Å². The highest BCUT2D eigenvalue weighted by Gasteiger charge is 2.57. The van der Waals surface area contributed by atoms with E-state index in [2.05, 4.69) is 190 Å². The van der Waals surface area contributed by atoms with E-state index < -0.39 is 16.6 Å². The zero-order chi connectivity index (χ0) is 69.8. The molecule has 0 aromatic heterocycles. The van der Waals surface area contributed by atoms with Crippen LogP contribution in [-0.2, 0) is 55.7 Å². The predicted molar refractivity (Wildman–Crippen MR) is 403 cm³/mol. The molecule has 0 radical (unpaired) electrons. The molecule has 0 spiro atoms. The maximum Gasteiger partial charge on any atom is 0.380 e. The van der Waals surface area contributed by atoms with Gasteiger partial charge in [0.05, 0.1) is 32.5 Å². The maximum atomic E-state index is 13.6. The molecule has 4 saturated heterocycles. The van der Waals surface area contributed by atoms with Crippen molar-refractivity contribution in [3.63, 3.8) is 0 Å². The van der Waals surface area contributed by atoms with Crippen LogP contribution in [0.3, 0.4) is 0 Å². The molecule has 10 rings (SSSR count). The van der Waals surface area contributed by atoms with Crippen molar-refractivity contribution in [2.24, 2.45) is 5.92 Å². The van der Waals surface area contributed by atoms with Crippen molar-refractivity contribution in [1.29, 1.82) is 0 Å². The van der Waals surface area contributed by atoms with Crippen LogP contribution in [0, 0.1) is 17.8 Å². The second kappa shape index (κ2) is 36.8. The van der Waals surface area contributed by atoms with Gasteiger partial charge in [-0.05, 0) is 197 Å². The molecule has 0 bridgehead atoms. The fraction of sp³-hybridized carbons (Fsp3) is 0.627. The topological polar surface area (TPSA) is 103 Å². The standard InChI is InChI=1S/C33H52O5Si.C32H52O4Si.C18H20BNO/c1-8-9-10-14-24(37-30-17-11-12-20-36-30)18-19-26-28(34)22-23-21-27-25(15-13-16-29(27)35-5)32(31(23)26)38-39(6,7)33(2,3)4;1-9-11-12-19-26(35-31-24-15-16-25-34-31)20-13-14-22-30(36-37(7,8)32(3,4)5)28-21-17-23-29(33-6)27(28)18-10-2;1-19-20-14-8-13-17(20)18(21-19,15-9-4-2-5-10-15)16-11-6-3-7-12-16/h13,15-16,23-24,30,32H,8-12,14,17-22H2,1-7H3;10,17,21,23,26,30-31H,2,9,11-13,15-16,18-20,24-25H2,1,3-8H3;2-7,9-12,17H,8,13-14H2,1H3/t23?,24-,30?,32+;26-,30-,31?;17-/m000/s1. The summed E-state index contributed by atoms with van der Waals surface area (Å²) in [4.78, 5) is 16.1.